The molecule has 2 aromatic rings. The summed E-state index contributed by atoms with van der Waals surface area (Å²) in [4.78, 5) is 19.2. The number of aromatic nitrogens is 2. The minimum atomic E-state index is -0.174. The van der Waals surface area contributed by atoms with Gasteiger partial charge in [0, 0.05) is 12.1 Å². The minimum absolute atomic E-state index is 0.126. The molecule has 0 atom stereocenters. The standard InChI is InChI=1S/C17H16N4O2S2/c1-3-9-21-15(23)13(10-11-7-5-6-8-12(11)22)24-17(21)18-16-20-19-14(4-2)25-16/h3,5-8,10,22H,1,4,9H2,2H3/b13-10-,18-17-. The van der Waals surface area contributed by atoms with Gasteiger partial charge in [-0.1, -0.05) is 42.5 Å². The van der Waals surface area contributed by atoms with E-state index in [9.17, 15) is 9.90 Å². The molecule has 0 saturated carbocycles. The van der Waals surface area contributed by atoms with Crippen molar-refractivity contribution in [3.8, 4) is 5.75 Å². The SMILES string of the molecule is C=CCN1C(=O)/C(=C/c2ccccc2O)S/C1=N\c1nnc(CC)s1. The number of carbonyl (C=O) groups excluding carboxylic acids is 1. The Hall–Kier alpha value is -2.45. The normalized spacial score (nSPS) is 17.6. The molecule has 0 unspecified atom stereocenters. The molecular formula is C17H16N4O2S2. The van der Waals surface area contributed by atoms with Gasteiger partial charge in [-0.25, -0.2) is 0 Å². The molecular weight excluding hydrogens is 356 g/mol. The topological polar surface area (TPSA) is 78.7 Å². The van der Waals surface area contributed by atoms with Gasteiger partial charge in [-0.15, -0.1) is 16.8 Å². The fourth-order valence-electron chi connectivity index (χ4n) is 2.15. The third-order valence-corrected chi connectivity index (χ3v) is 5.34. The molecule has 128 valence electrons. The Morgan fingerprint density at radius 2 is 2.16 bits per heavy atom. The van der Waals surface area contributed by atoms with E-state index in [0.717, 1.165) is 11.4 Å². The summed E-state index contributed by atoms with van der Waals surface area (Å²) in [6, 6.07) is 6.88. The molecule has 2 heterocycles. The van der Waals surface area contributed by atoms with E-state index >= 15 is 0 Å². The number of para-hydroxylation sites is 1. The predicted octanol–water partition coefficient (Wildman–Crippen LogP) is 3.60. The maximum absolute atomic E-state index is 12.7. The number of phenolic OH excluding ortho intramolecular Hbond substituents is 1. The number of rotatable bonds is 5. The molecule has 1 fully saturated rings. The van der Waals surface area contributed by atoms with E-state index in [-0.39, 0.29) is 11.7 Å². The van der Waals surface area contributed by atoms with Crippen molar-refractivity contribution < 1.29 is 9.90 Å². The van der Waals surface area contributed by atoms with Crippen LogP contribution < -0.4 is 0 Å². The Morgan fingerprint density at radius 1 is 1.36 bits per heavy atom. The number of carbonyl (C=O) groups is 1. The quantitative estimate of drug-likeness (QED) is 0.641. The lowest BCUT2D eigenvalue weighted by Gasteiger charge is -2.11. The molecule has 6 nitrogen and oxygen atoms in total. The molecule has 25 heavy (non-hydrogen) atoms. The van der Waals surface area contributed by atoms with Gasteiger partial charge in [0.15, 0.2) is 5.17 Å². The van der Waals surface area contributed by atoms with Gasteiger partial charge in [-0.05, 0) is 30.3 Å². The third kappa shape index (κ3) is 3.80. The second kappa shape index (κ2) is 7.62. The van der Waals surface area contributed by atoms with Gasteiger partial charge >= 0.3 is 0 Å². The third-order valence-electron chi connectivity index (χ3n) is 3.37. The molecule has 1 N–H and O–H groups in total. The van der Waals surface area contributed by atoms with Crippen LogP contribution in [-0.2, 0) is 11.2 Å². The van der Waals surface area contributed by atoms with Crippen LogP contribution in [0.2, 0.25) is 0 Å². The maximum atomic E-state index is 12.7. The lowest BCUT2D eigenvalue weighted by Crippen LogP contribution is -2.29. The zero-order valence-corrected chi connectivity index (χ0v) is 15.2. The second-order valence-electron chi connectivity index (χ2n) is 5.10. The second-order valence-corrected chi connectivity index (χ2v) is 7.15. The van der Waals surface area contributed by atoms with E-state index in [1.807, 2.05) is 6.92 Å². The number of amidine groups is 1. The number of nitrogens with zero attached hydrogens (tertiary/aromatic N) is 4. The Morgan fingerprint density at radius 3 is 2.84 bits per heavy atom. The number of aromatic hydroxyl groups is 1. The van der Waals surface area contributed by atoms with Gasteiger partial charge < -0.3 is 5.11 Å². The van der Waals surface area contributed by atoms with Gasteiger partial charge in [-0.3, -0.25) is 9.69 Å². The van der Waals surface area contributed by atoms with Crippen LogP contribution in [0.5, 0.6) is 5.75 Å². The van der Waals surface area contributed by atoms with E-state index in [1.165, 1.54) is 28.0 Å². The number of hydrogen-bond donors (Lipinski definition) is 1. The number of thioether (sulfide) groups is 1. The first kappa shape index (κ1) is 17.4. The molecule has 1 amide bonds. The number of aliphatic imine (C=N–C) groups is 1. The van der Waals surface area contributed by atoms with Crippen molar-refractivity contribution in [1.82, 2.24) is 15.1 Å². The van der Waals surface area contributed by atoms with Crippen LogP contribution in [0.4, 0.5) is 5.13 Å². The van der Waals surface area contributed by atoms with E-state index in [0.29, 0.717) is 27.3 Å². The van der Waals surface area contributed by atoms with Crippen molar-refractivity contribution >= 4 is 45.4 Å². The summed E-state index contributed by atoms with van der Waals surface area (Å²) in [6.07, 6.45) is 4.11. The maximum Gasteiger partial charge on any atom is 0.267 e. The number of benzene rings is 1. The lowest BCUT2D eigenvalue weighted by molar-refractivity contribution is -0.121. The van der Waals surface area contributed by atoms with Crippen LogP contribution in [0.1, 0.15) is 17.5 Å². The molecule has 0 bridgehead atoms. The van der Waals surface area contributed by atoms with Crippen molar-refractivity contribution in [3.05, 3.63) is 52.4 Å². The summed E-state index contributed by atoms with van der Waals surface area (Å²) in [5.41, 5.74) is 0.585. The van der Waals surface area contributed by atoms with Crippen LogP contribution in [0.15, 0.2) is 46.8 Å². The number of hydrogen-bond acceptors (Lipinski definition) is 7. The van der Waals surface area contributed by atoms with E-state index in [4.69, 9.17) is 0 Å². The summed E-state index contributed by atoms with van der Waals surface area (Å²) >= 11 is 2.65. The van der Waals surface area contributed by atoms with Gasteiger partial charge in [0.25, 0.3) is 5.91 Å². The van der Waals surface area contributed by atoms with E-state index in [1.54, 1.807) is 36.4 Å². The predicted molar refractivity (Wildman–Crippen MR) is 102 cm³/mol. The van der Waals surface area contributed by atoms with Crippen LogP contribution in [0.3, 0.4) is 0 Å². The first-order valence-electron chi connectivity index (χ1n) is 7.63. The van der Waals surface area contributed by atoms with Crippen molar-refractivity contribution in [1.29, 1.82) is 0 Å². The lowest BCUT2D eigenvalue weighted by atomic mass is 10.2. The largest absolute Gasteiger partial charge is 0.507 e. The highest BCUT2D eigenvalue weighted by Gasteiger charge is 2.33. The van der Waals surface area contributed by atoms with Crippen LogP contribution in [-0.4, -0.2) is 37.8 Å². The first-order chi connectivity index (χ1) is 12.1. The monoisotopic (exact) mass is 372 g/mol. The summed E-state index contributed by atoms with van der Waals surface area (Å²) in [6.45, 7) is 6.05. The molecule has 0 aliphatic carbocycles. The molecule has 1 saturated heterocycles. The van der Waals surface area contributed by atoms with Gasteiger partial charge in [-0.2, -0.15) is 4.99 Å². The van der Waals surface area contributed by atoms with Crippen LogP contribution in [0.25, 0.3) is 6.08 Å². The van der Waals surface area contributed by atoms with Crippen molar-refractivity contribution in [2.45, 2.75) is 13.3 Å². The van der Waals surface area contributed by atoms with Crippen LogP contribution in [0, 0.1) is 0 Å². The first-order valence-corrected chi connectivity index (χ1v) is 9.27. The van der Waals surface area contributed by atoms with Crippen LogP contribution >= 0.6 is 23.1 Å². The Labute approximate surface area is 153 Å². The highest BCUT2D eigenvalue weighted by atomic mass is 32.2. The highest BCUT2D eigenvalue weighted by Crippen LogP contribution is 2.35. The molecule has 0 radical (unpaired) electrons. The summed E-state index contributed by atoms with van der Waals surface area (Å²) < 4.78 is 0. The molecule has 1 aromatic carbocycles. The summed E-state index contributed by atoms with van der Waals surface area (Å²) in [5, 5.41) is 19.9. The van der Waals surface area contributed by atoms with Gasteiger partial charge in [0.05, 0.1) is 4.91 Å². The number of aryl methyl sites for hydroxylation is 1. The summed E-state index contributed by atoms with van der Waals surface area (Å²) in [7, 11) is 0. The average molecular weight is 372 g/mol. The molecule has 1 aliphatic rings. The van der Waals surface area contributed by atoms with Crippen molar-refractivity contribution in [3.63, 3.8) is 0 Å². The highest BCUT2D eigenvalue weighted by molar-refractivity contribution is 8.18. The summed E-state index contributed by atoms with van der Waals surface area (Å²) in [5.74, 6) is -0.0482. The zero-order valence-electron chi connectivity index (χ0n) is 13.5. The number of amides is 1. The average Bonchev–Trinajstić information content (AvgIpc) is 3.17. The molecule has 8 heteroatoms. The fraction of sp³-hybridized carbons (Fsp3) is 0.176. The Bertz CT molecular complexity index is 873. The van der Waals surface area contributed by atoms with E-state index in [2.05, 4.69) is 21.8 Å². The Balaban J connectivity index is 1.95. The number of phenols is 1. The molecule has 1 aliphatic heterocycles. The van der Waals surface area contributed by atoms with E-state index < -0.39 is 0 Å². The molecule has 0 spiro atoms. The smallest absolute Gasteiger partial charge is 0.267 e. The Kier molecular flexibility index (Phi) is 5.30. The van der Waals surface area contributed by atoms with Gasteiger partial charge in [0.1, 0.15) is 10.8 Å². The molecule has 1 aromatic heterocycles. The van der Waals surface area contributed by atoms with Crippen molar-refractivity contribution in [2.75, 3.05) is 6.54 Å². The fourth-order valence-corrected chi connectivity index (χ4v) is 3.84. The minimum Gasteiger partial charge on any atom is -0.507 e. The van der Waals surface area contributed by atoms with Gasteiger partial charge in [0.2, 0.25) is 5.13 Å². The van der Waals surface area contributed by atoms with Crippen molar-refractivity contribution in [2.24, 2.45) is 4.99 Å². The zero-order chi connectivity index (χ0) is 17.8. The molecule has 3 rings (SSSR count).